The molecule has 2 aromatic carbocycles. The molecule has 159 valence electrons. The van der Waals surface area contributed by atoms with Crippen LogP contribution in [-0.2, 0) is 64.7 Å². The van der Waals surface area contributed by atoms with Gasteiger partial charge in [-0.1, -0.05) is 104 Å². The molecule has 4 rings (SSSR count). The molecule has 0 nitrogen and oxygen atoms in total. The Bertz CT molecular complexity index is 553. The first kappa shape index (κ1) is 26.6. The fourth-order valence-corrected chi connectivity index (χ4v) is 4.59. The molecule has 2 aliphatic rings. The third-order valence-electron chi connectivity index (χ3n) is 6.19. The summed E-state index contributed by atoms with van der Waals surface area (Å²) in [6.45, 7) is 9.53. The Labute approximate surface area is 200 Å². The van der Waals surface area contributed by atoms with Crippen molar-refractivity contribution in [2.24, 2.45) is 0 Å². The van der Waals surface area contributed by atoms with E-state index in [0.29, 0.717) is 0 Å². The van der Waals surface area contributed by atoms with E-state index in [9.17, 15) is 0 Å². The molecule has 0 aliphatic heterocycles. The molecule has 0 unspecified atom stereocenters. The predicted molar refractivity (Wildman–Crippen MR) is 126 cm³/mol. The van der Waals surface area contributed by atoms with E-state index in [2.05, 4.69) is 45.0 Å². The average molecular weight is 471 g/mol. The Morgan fingerprint density at radius 3 is 1.41 bits per heavy atom. The van der Waals surface area contributed by atoms with Crippen molar-refractivity contribution in [3.63, 3.8) is 0 Å². The van der Waals surface area contributed by atoms with Gasteiger partial charge in [0.05, 0.1) is 0 Å². The van der Waals surface area contributed by atoms with Crippen LogP contribution >= 0.6 is 0 Å². The fourth-order valence-electron chi connectivity index (χ4n) is 4.59. The van der Waals surface area contributed by atoms with Gasteiger partial charge in [0, 0.05) is 0 Å². The van der Waals surface area contributed by atoms with Gasteiger partial charge in [-0.15, -0.1) is 0 Å². The summed E-state index contributed by atoms with van der Waals surface area (Å²) in [6, 6.07) is 9.79. The van der Waals surface area contributed by atoms with Crippen molar-refractivity contribution in [1.29, 1.82) is 0 Å². The van der Waals surface area contributed by atoms with Gasteiger partial charge < -0.3 is 6.92 Å². The Morgan fingerprint density at radius 1 is 0.690 bits per heavy atom. The largest absolute Gasteiger partial charge is 3.00 e. The molecule has 0 saturated heterocycles. The molecule has 29 heavy (non-hydrogen) atoms. The van der Waals surface area contributed by atoms with Crippen molar-refractivity contribution in [3.8, 4) is 0 Å². The summed E-state index contributed by atoms with van der Waals surface area (Å²) in [5, 5.41) is 0. The van der Waals surface area contributed by atoms with E-state index < -0.39 is 0 Å². The molecule has 2 aliphatic carbocycles. The first-order valence-electron chi connectivity index (χ1n) is 12.1. The van der Waals surface area contributed by atoms with Gasteiger partial charge in [-0.25, -0.2) is 12.1 Å². The number of hydrogen-bond acceptors (Lipinski definition) is 0. The Kier molecular flexibility index (Phi) is 14.1. The maximum atomic E-state index is 3.25. The minimum atomic E-state index is 0. The van der Waals surface area contributed by atoms with Crippen LogP contribution in [0, 0.1) is 6.92 Å². The zero-order valence-corrected chi connectivity index (χ0v) is 21.9. The van der Waals surface area contributed by atoms with E-state index in [4.69, 9.17) is 0 Å². The van der Waals surface area contributed by atoms with E-state index in [1.807, 2.05) is 0 Å². The molecule has 0 N–H and O–H groups in total. The molecule has 0 amide bonds. The predicted octanol–water partition coefficient (Wildman–Crippen LogP) is 8.09. The summed E-state index contributed by atoms with van der Waals surface area (Å²) < 4.78 is 0. The van der Waals surface area contributed by atoms with Gasteiger partial charge in [-0.2, -0.15) is 52.4 Å². The summed E-state index contributed by atoms with van der Waals surface area (Å²) in [7, 11) is 0. The zero-order valence-electron chi connectivity index (χ0n) is 19.4. The Morgan fingerprint density at radius 2 is 1.07 bits per heavy atom. The zero-order chi connectivity index (χ0) is 20.2. The number of fused-ring (bicyclic) bond motifs is 2. The van der Waals surface area contributed by atoms with Gasteiger partial charge in [0.15, 0.2) is 0 Å². The summed E-state index contributed by atoms with van der Waals surface area (Å²) in [5.41, 5.74) is 9.78. The van der Waals surface area contributed by atoms with E-state index in [-0.39, 0.29) is 26.2 Å². The van der Waals surface area contributed by atoms with Crippen LogP contribution in [0.2, 0.25) is 0 Å². The van der Waals surface area contributed by atoms with Crippen LogP contribution in [0.3, 0.4) is 0 Å². The third kappa shape index (κ3) is 8.69. The van der Waals surface area contributed by atoms with Crippen molar-refractivity contribution < 1.29 is 26.2 Å². The van der Waals surface area contributed by atoms with Gasteiger partial charge >= 0.3 is 26.2 Å². The number of hydrogen-bond donors (Lipinski definition) is 0. The summed E-state index contributed by atoms with van der Waals surface area (Å²) >= 11 is 0. The van der Waals surface area contributed by atoms with Crippen molar-refractivity contribution in [1.82, 2.24) is 0 Å². The topological polar surface area (TPSA) is 0 Å². The first-order valence-corrected chi connectivity index (χ1v) is 12.1. The van der Waals surface area contributed by atoms with E-state index in [1.165, 1.54) is 89.9 Å². The van der Waals surface area contributed by atoms with Crippen LogP contribution in [0.1, 0.15) is 106 Å². The quantitative estimate of drug-likeness (QED) is 0.374. The van der Waals surface area contributed by atoms with Crippen molar-refractivity contribution in [2.45, 2.75) is 111 Å². The standard InChI is InChI=1S/2C13H19.C2H5.Zr/c2*1-2-3-6-11-9-12-7-4-5-8-13(12)10-11;1-2;/h2*9-10H,2-8H2,1H3;1H2,2H3;/q3*-1;+3. The van der Waals surface area contributed by atoms with Gasteiger partial charge in [-0.05, 0) is 0 Å². The number of rotatable bonds is 6. The molecule has 0 aromatic heterocycles. The van der Waals surface area contributed by atoms with E-state index >= 15 is 0 Å². The maximum Gasteiger partial charge on any atom is 3.00 e. The van der Waals surface area contributed by atoms with Gasteiger partial charge in [0.2, 0.25) is 0 Å². The third-order valence-corrected chi connectivity index (χ3v) is 6.19. The first-order chi connectivity index (χ1) is 13.8. The van der Waals surface area contributed by atoms with Crippen LogP contribution in [-0.4, -0.2) is 0 Å². The van der Waals surface area contributed by atoms with Crippen molar-refractivity contribution in [3.05, 3.63) is 64.6 Å². The maximum absolute atomic E-state index is 3.25. The molecule has 0 spiro atoms. The van der Waals surface area contributed by atoms with Gasteiger partial charge in [0.1, 0.15) is 0 Å². The molecular formula is C28H43Zr. The summed E-state index contributed by atoms with van der Waals surface area (Å²) in [4.78, 5) is 0. The molecule has 1 radical (unpaired) electrons. The summed E-state index contributed by atoms with van der Waals surface area (Å²) in [6.07, 6.45) is 18.9. The molecule has 0 bridgehead atoms. The second-order valence-corrected chi connectivity index (χ2v) is 8.45. The average Bonchev–Trinajstić information content (AvgIpc) is 3.35. The van der Waals surface area contributed by atoms with Crippen molar-refractivity contribution >= 4 is 0 Å². The molecule has 1 heteroatoms. The van der Waals surface area contributed by atoms with Crippen LogP contribution in [0.5, 0.6) is 0 Å². The van der Waals surface area contributed by atoms with Gasteiger partial charge in [0.25, 0.3) is 0 Å². The van der Waals surface area contributed by atoms with Crippen LogP contribution < -0.4 is 0 Å². The molecular weight excluding hydrogens is 428 g/mol. The van der Waals surface area contributed by atoms with Gasteiger partial charge in [-0.3, -0.25) is 0 Å². The van der Waals surface area contributed by atoms with E-state index in [1.54, 1.807) is 40.3 Å². The Balaban J connectivity index is 0.000000259. The minimum absolute atomic E-state index is 0. The molecule has 0 heterocycles. The van der Waals surface area contributed by atoms with E-state index in [0.717, 1.165) is 0 Å². The second-order valence-electron chi connectivity index (χ2n) is 8.45. The SMILES string of the molecule is CCCCc1cc2c([cH-]1)CCCC2.CCCCc1cc2c([cH-]1)CCCC2.[CH2-]C.[Zr+3]. The molecule has 2 aromatic rings. The second kappa shape index (κ2) is 15.4. The number of unbranched alkanes of at least 4 members (excludes halogenated alkanes) is 2. The molecule has 0 saturated carbocycles. The monoisotopic (exact) mass is 469 g/mol. The number of aryl methyl sites for hydroxylation is 6. The smallest absolute Gasteiger partial charge is 0.346 e. The molecule has 0 atom stereocenters. The fraction of sp³-hybridized carbons (Fsp3) is 0.607. The molecule has 0 fully saturated rings. The Hall–Kier alpha value is -0.417. The van der Waals surface area contributed by atoms with Crippen molar-refractivity contribution in [2.75, 3.05) is 0 Å². The van der Waals surface area contributed by atoms with Crippen LogP contribution in [0.25, 0.3) is 0 Å². The van der Waals surface area contributed by atoms with Crippen LogP contribution in [0.15, 0.2) is 24.3 Å². The summed E-state index contributed by atoms with van der Waals surface area (Å²) in [5.74, 6) is 0. The van der Waals surface area contributed by atoms with Crippen LogP contribution in [0.4, 0.5) is 0 Å². The normalized spacial score (nSPS) is 14.3. The minimum Gasteiger partial charge on any atom is -0.346 e.